The number of ether oxygens (including phenoxy) is 1. The first kappa shape index (κ1) is 25.7. The fraction of sp³-hybridized carbons (Fsp3) is 0.222. The summed E-state index contributed by atoms with van der Waals surface area (Å²) in [4.78, 5) is 56.9. The Kier molecular flexibility index (Phi) is 5.66. The fourth-order valence-corrected chi connectivity index (χ4v) is 7.66. The van der Waals surface area contributed by atoms with Crippen LogP contribution in [0.3, 0.4) is 0 Å². The molecular weight excluding hydrogens is 540 g/mol. The molecule has 2 fully saturated rings. The standard InChI is InChI=1S/C36H28N2O5/c1-20-13-15-22(16-14-20)37-19-21(17-29(37)39)36(42)43-24-8-6-7-23(18-24)38-34(40)32-30-25-9-2-3-10-26(25)31(33(32)35(38)41)28-12-5-4-11-27(28)30/h2-16,18,21,30-33H,17,19H2,1H3/t21-,30?,31?,32+,33+/m1/s1. The van der Waals surface area contributed by atoms with Gasteiger partial charge in [0.05, 0.1) is 23.4 Å². The highest BCUT2D eigenvalue weighted by molar-refractivity contribution is 6.23. The van der Waals surface area contributed by atoms with Gasteiger partial charge in [0.1, 0.15) is 5.75 Å². The highest BCUT2D eigenvalue weighted by Gasteiger charge is 2.61. The molecule has 212 valence electrons. The molecule has 9 rings (SSSR count). The maximum Gasteiger partial charge on any atom is 0.316 e. The van der Waals surface area contributed by atoms with Crippen molar-refractivity contribution < 1.29 is 23.9 Å². The number of carbonyl (C=O) groups is 4. The van der Waals surface area contributed by atoms with Crippen molar-refractivity contribution in [3.63, 3.8) is 0 Å². The van der Waals surface area contributed by atoms with Crippen LogP contribution < -0.4 is 14.5 Å². The molecule has 0 spiro atoms. The van der Waals surface area contributed by atoms with Crippen molar-refractivity contribution in [1.82, 2.24) is 0 Å². The molecule has 2 saturated heterocycles. The highest BCUT2D eigenvalue weighted by atomic mass is 16.5. The second kappa shape index (κ2) is 9.49. The third-order valence-electron chi connectivity index (χ3n) is 9.55. The Morgan fingerprint density at radius 3 is 1.81 bits per heavy atom. The molecule has 0 saturated carbocycles. The van der Waals surface area contributed by atoms with Gasteiger partial charge >= 0.3 is 5.97 Å². The predicted molar refractivity (Wildman–Crippen MR) is 160 cm³/mol. The van der Waals surface area contributed by atoms with Gasteiger partial charge < -0.3 is 9.64 Å². The number of hydrogen-bond donors (Lipinski definition) is 0. The number of anilines is 2. The van der Waals surface area contributed by atoms with Crippen LogP contribution in [-0.2, 0) is 19.2 Å². The topological polar surface area (TPSA) is 84.0 Å². The molecule has 43 heavy (non-hydrogen) atoms. The summed E-state index contributed by atoms with van der Waals surface area (Å²) < 4.78 is 5.73. The lowest BCUT2D eigenvalue weighted by atomic mass is 9.55. The summed E-state index contributed by atoms with van der Waals surface area (Å²) in [6.07, 6.45) is 0.0583. The van der Waals surface area contributed by atoms with Crippen LogP contribution in [0.4, 0.5) is 11.4 Å². The maximum atomic E-state index is 14.1. The summed E-state index contributed by atoms with van der Waals surface area (Å²) in [6.45, 7) is 2.21. The van der Waals surface area contributed by atoms with E-state index in [0.717, 1.165) is 33.5 Å². The van der Waals surface area contributed by atoms with E-state index in [4.69, 9.17) is 4.74 Å². The number of esters is 1. The van der Waals surface area contributed by atoms with Crippen LogP contribution in [-0.4, -0.2) is 30.2 Å². The predicted octanol–water partition coefficient (Wildman–Crippen LogP) is 5.35. The van der Waals surface area contributed by atoms with Crippen molar-refractivity contribution in [1.29, 1.82) is 0 Å². The number of aryl methyl sites for hydroxylation is 1. The zero-order chi connectivity index (χ0) is 29.4. The molecular formula is C36H28N2O5. The zero-order valence-corrected chi connectivity index (χ0v) is 23.5. The molecule has 3 atom stereocenters. The molecule has 2 bridgehead atoms. The first-order valence-electron chi connectivity index (χ1n) is 14.6. The average Bonchev–Trinajstić information content (AvgIpc) is 3.54. The average molecular weight is 569 g/mol. The summed E-state index contributed by atoms with van der Waals surface area (Å²) in [7, 11) is 0. The van der Waals surface area contributed by atoms with Crippen LogP contribution in [0.1, 0.15) is 46.1 Å². The van der Waals surface area contributed by atoms with Crippen LogP contribution >= 0.6 is 0 Å². The minimum atomic E-state index is -0.622. The Bertz CT molecular complexity index is 1730. The van der Waals surface area contributed by atoms with Gasteiger partial charge in [-0.3, -0.25) is 19.2 Å². The zero-order valence-electron chi connectivity index (χ0n) is 23.5. The minimum absolute atomic E-state index is 0.0583. The van der Waals surface area contributed by atoms with E-state index in [1.807, 2.05) is 55.5 Å². The molecule has 0 aromatic heterocycles. The Hall–Kier alpha value is -5.04. The van der Waals surface area contributed by atoms with Crippen LogP contribution in [0.2, 0.25) is 0 Å². The van der Waals surface area contributed by atoms with Crippen LogP contribution in [0.15, 0.2) is 97.1 Å². The Labute approximate surface area is 248 Å². The molecule has 4 aromatic rings. The molecule has 7 heteroatoms. The molecule has 7 nitrogen and oxygen atoms in total. The number of rotatable bonds is 4. The van der Waals surface area contributed by atoms with Gasteiger partial charge in [0.25, 0.3) is 0 Å². The molecule has 0 radical (unpaired) electrons. The van der Waals surface area contributed by atoms with E-state index in [2.05, 4.69) is 24.3 Å². The summed E-state index contributed by atoms with van der Waals surface area (Å²) in [6, 6.07) is 30.5. The van der Waals surface area contributed by atoms with Crippen molar-refractivity contribution in [2.24, 2.45) is 17.8 Å². The summed E-state index contributed by atoms with van der Waals surface area (Å²) in [5.74, 6) is -2.88. The van der Waals surface area contributed by atoms with Gasteiger partial charge in [-0.15, -0.1) is 0 Å². The minimum Gasteiger partial charge on any atom is -0.426 e. The molecule has 0 unspecified atom stereocenters. The SMILES string of the molecule is Cc1ccc(N2C[C@H](C(=O)Oc3cccc(N4C(=O)[C@H]5C6c7ccccc7C(c7ccccc76)[C@@H]5C4=O)c3)CC2=O)cc1. The normalized spacial score (nSPS) is 25.0. The van der Waals surface area contributed by atoms with E-state index in [1.54, 1.807) is 29.2 Å². The van der Waals surface area contributed by atoms with E-state index in [9.17, 15) is 19.2 Å². The molecule has 5 aliphatic rings. The van der Waals surface area contributed by atoms with E-state index in [1.165, 1.54) is 4.90 Å². The van der Waals surface area contributed by atoms with Gasteiger partial charge in [-0.05, 0) is 53.4 Å². The Morgan fingerprint density at radius 2 is 1.26 bits per heavy atom. The van der Waals surface area contributed by atoms with Gasteiger partial charge in [-0.2, -0.15) is 0 Å². The number of nitrogens with zero attached hydrogens (tertiary/aromatic N) is 2. The number of hydrogen-bond acceptors (Lipinski definition) is 5. The molecule has 2 heterocycles. The van der Waals surface area contributed by atoms with Gasteiger partial charge in [-0.25, -0.2) is 4.90 Å². The lowest BCUT2D eigenvalue weighted by Crippen LogP contribution is -2.41. The second-order valence-electron chi connectivity index (χ2n) is 11.9. The smallest absolute Gasteiger partial charge is 0.316 e. The fourth-order valence-electron chi connectivity index (χ4n) is 7.66. The first-order chi connectivity index (χ1) is 20.9. The molecule has 3 amide bonds. The quantitative estimate of drug-likeness (QED) is 0.188. The second-order valence-corrected chi connectivity index (χ2v) is 11.9. The number of imide groups is 1. The van der Waals surface area contributed by atoms with Gasteiger partial charge in [0.2, 0.25) is 17.7 Å². The number of benzene rings is 4. The van der Waals surface area contributed by atoms with E-state index in [0.29, 0.717) is 5.69 Å². The summed E-state index contributed by atoms with van der Waals surface area (Å²) in [5, 5.41) is 0. The Balaban J connectivity index is 1.06. The molecule has 2 aliphatic heterocycles. The van der Waals surface area contributed by atoms with Gasteiger partial charge in [0, 0.05) is 36.6 Å². The Morgan fingerprint density at radius 1 is 0.698 bits per heavy atom. The molecule has 3 aliphatic carbocycles. The summed E-state index contributed by atoms with van der Waals surface area (Å²) >= 11 is 0. The van der Waals surface area contributed by atoms with E-state index < -0.39 is 23.7 Å². The van der Waals surface area contributed by atoms with E-state index >= 15 is 0 Å². The molecule has 4 aromatic carbocycles. The van der Waals surface area contributed by atoms with Crippen molar-refractivity contribution in [3.05, 3.63) is 125 Å². The van der Waals surface area contributed by atoms with Crippen molar-refractivity contribution in [3.8, 4) is 5.75 Å². The lowest BCUT2D eigenvalue weighted by Gasteiger charge is -2.45. The number of carbonyl (C=O) groups excluding carboxylic acids is 4. The first-order valence-corrected chi connectivity index (χ1v) is 14.6. The third-order valence-corrected chi connectivity index (χ3v) is 9.55. The van der Waals surface area contributed by atoms with Gasteiger partial charge in [0.15, 0.2) is 0 Å². The monoisotopic (exact) mass is 568 g/mol. The van der Waals surface area contributed by atoms with Gasteiger partial charge in [-0.1, -0.05) is 72.3 Å². The van der Waals surface area contributed by atoms with Crippen molar-refractivity contribution in [2.45, 2.75) is 25.2 Å². The maximum absolute atomic E-state index is 14.1. The molecule has 0 N–H and O–H groups in total. The lowest BCUT2D eigenvalue weighted by molar-refractivity contribution is -0.139. The van der Waals surface area contributed by atoms with Crippen molar-refractivity contribution in [2.75, 3.05) is 16.3 Å². The van der Waals surface area contributed by atoms with Crippen LogP contribution in [0.25, 0.3) is 0 Å². The highest BCUT2D eigenvalue weighted by Crippen LogP contribution is 2.61. The summed E-state index contributed by atoms with van der Waals surface area (Å²) in [5.41, 5.74) is 6.67. The van der Waals surface area contributed by atoms with Crippen LogP contribution in [0.5, 0.6) is 5.75 Å². The van der Waals surface area contributed by atoms with E-state index in [-0.39, 0.29) is 48.3 Å². The third kappa shape index (κ3) is 3.80. The van der Waals surface area contributed by atoms with Crippen molar-refractivity contribution >= 4 is 35.1 Å². The number of amides is 3. The largest absolute Gasteiger partial charge is 0.426 e. The van der Waals surface area contributed by atoms with Crippen LogP contribution in [0, 0.1) is 24.7 Å².